The molecule has 0 radical (unpaired) electrons. The van der Waals surface area contributed by atoms with Crippen molar-refractivity contribution in [3.63, 3.8) is 0 Å². The predicted molar refractivity (Wildman–Crippen MR) is 89.4 cm³/mol. The van der Waals surface area contributed by atoms with Crippen LogP contribution in [-0.4, -0.2) is 24.1 Å². The number of halogens is 2. The van der Waals surface area contributed by atoms with Crippen LogP contribution in [0.3, 0.4) is 0 Å². The van der Waals surface area contributed by atoms with Gasteiger partial charge >= 0.3 is 0 Å². The number of rotatable bonds is 4. The van der Waals surface area contributed by atoms with E-state index in [-0.39, 0.29) is 12.2 Å². The monoisotopic (exact) mass is 366 g/mol. The molecule has 3 unspecified atom stereocenters. The van der Waals surface area contributed by atoms with Gasteiger partial charge in [0.1, 0.15) is 18.0 Å². The van der Waals surface area contributed by atoms with Crippen molar-refractivity contribution in [2.24, 2.45) is 0 Å². The molecule has 2 aromatic carbocycles. The van der Waals surface area contributed by atoms with Gasteiger partial charge in [-0.1, -0.05) is 63.9 Å². The van der Waals surface area contributed by atoms with Crippen LogP contribution in [0.2, 0.25) is 5.02 Å². The molecule has 0 aromatic heterocycles. The minimum atomic E-state index is 0.0550. The summed E-state index contributed by atoms with van der Waals surface area (Å²) in [4.78, 5) is 0.356. The molecule has 4 heteroatoms. The van der Waals surface area contributed by atoms with Crippen molar-refractivity contribution in [3.8, 4) is 16.9 Å². The summed E-state index contributed by atoms with van der Waals surface area (Å²) in [6, 6.07) is 16.1. The summed E-state index contributed by atoms with van der Waals surface area (Å²) in [5.74, 6) is 0.711. The van der Waals surface area contributed by atoms with Crippen molar-refractivity contribution in [1.29, 1.82) is 0 Å². The molecule has 0 aliphatic heterocycles. The first-order valence-corrected chi connectivity index (χ1v) is 8.17. The van der Waals surface area contributed by atoms with E-state index >= 15 is 0 Å². The van der Waals surface area contributed by atoms with Gasteiger partial charge in [0.25, 0.3) is 0 Å². The lowest BCUT2D eigenvalue weighted by molar-refractivity contribution is -0.0544. The van der Waals surface area contributed by atoms with Crippen LogP contribution in [0.5, 0.6) is 5.75 Å². The summed E-state index contributed by atoms with van der Waals surface area (Å²) in [7, 11) is 1.70. The molecule has 2 nitrogen and oxygen atoms in total. The Labute approximate surface area is 138 Å². The quantitative estimate of drug-likeness (QED) is 0.713. The molecule has 3 atom stereocenters. The van der Waals surface area contributed by atoms with E-state index in [4.69, 9.17) is 21.1 Å². The average Bonchev–Trinajstić information content (AvgIpc) is 2.49. The molecule has 0 saturated heterocycles. The van der Waals surface area contributed by atoms with Crippen LogP contribution in [0.1, 0.15) is 6.42 Å². The highest BCUT2D eigenvalue weighted by Gasteiger charge is 2.41. The lowest BCUT2D eigenvalue weighted by atomic mass is 9.91. The van der Waals surface area contributed by atoms with E-state index < -0.39 is 0 Å². The van der Waals surface area contributed by atoms with Crippen LogP contribution in [0.4, 0.5) is 0 Å². The first-order valence-electron chi connectivity index (χ1n) is 6.87. The first-order chi connectivity index (χ1) is 10.2. The van der Waals surface area contributed by atoms with E-state index in [1.807, 2.05) is 36.4 Å². The average molecular weight is 368 g/mol. The van der Waals surface area contributed by atoms with Crippen LogP contribution in [0.25, 0.3) is 11.1 Å². The standard InChI is InChI=1S/C17H16BrClO2/c1-20-17-13(18)10-16(17)21-15-8-7-12(9-14(15)19)11-5-3-2-4-6-11/h2-9,13,16-17H,10H2,1H3. The van der Waals surface area contributed by atoms with Crippen molar-refractivity contribution in [2.75, 3.05) is 7.11 Å². The summed E-state index contributed by atoms with van der Waals surface area (Å²) in [5.41, 5.74) is 2.23. The van der Waals surface area contributed by atoms with E-state index in [0.717, 1.165) is 17.5 Å². The molecule has 3 rings (SSSR count). The van der Waals surface area contributed by atoms with Gasteiger partial charge in [0.05, 0.1) is 5.02 Å². The molecule has 1 aliphatic rings. The molecule has 0 bridgehead atoms. The molecule has 0 heterocycles. The first kappa shape index (κ1) is 14.9. The van der Waals surface area contributed by atoms with Crippen molar-refractivity contribution in [2.45, 2.75) is 23.5 Å². The Morgan fingerprint density at radius 1 is 1.10 bits per heavy atom. The SMILES string of the molecule is COC1C(Br)CC1Oc1ccc(-c2ccccc2)cc1Cl. The Morgan fingerprint density at radius 2 is 1.86 bits per heavy atom. The van der Waals surface area contributed by atoms with Crippen LogP contribution < -0.4 is 4.74 Å². The smallest absolute Gasteiger partial charge is 0.138 e. The molecule has 0 spiro atoms. The predicted octanol–water partition coefficient (Wildman–Crippen LogP) is 4.94. The molecule has 1 aliphatic carbocycles. The summed E-state index contributed by atoms with van der Waals surface area (Å²) in [6.45, 7) is 0. The molecular weight excluding hydrogens is 352 g/mol. The third kappa shape index (κ3) is 3.10. The van der Waals surface area contributed by atoms with E-state index in [0.29, 0.717) is 15.6 Å². The van der Waals surface area contributed by atoms with Gasteiger partial charge in [0, 0.05) is 18.4 Å². The van der Waals surface area contributed by atoms with Gasteiger partial charge in [-0.3, -0.25) is 0 Å². The minimum Gasteiger partial charge on any atom is -0.486 e. The highest BCUT2D eigenvalue weighted by atomic mass is 79.9. The largest absolute Gasteiger partial charge is 0.486 e. The van der Waals surface area contributed by atoms with Crippen LogP contribution in [0, 0.1) is 0 Å². The van der Waals surface area contributed by atoms with Gasteiger partial charge in [-0.15, -0.1) is 0 Å². The maximum atomic E-state index is 6.35. The molecule has 1 fully saturated rings. The zero-order valence-corrected chi connectivity index (χ0v) is 14.0. The molecule has 21 heavy (non-hydrogen) atoms. The van der Waals surface area contributed by atoms with Crippen LogP contribution in [0.15, 0.2) is 48.5 Å². The maximum absolute atomic E-state index is 6.35. The highest BCUT2D eigenvalue weighted by Crippen LogP contribution is 2.37. The molecule has 1 saturated carbocycles. The zero-order chi connectivity index (χ0) is 14.8. The number of hydrogen-bond donors (Lipinski definition) is 0. The number of methoxy groups -OCH3 is 1. The number of alkyl halides is 1. The van der Waals surface area contributed by atoms with Gasteiger partial charge in [-0.05, 0) is 23.3 Å². The normalized spacial score (nSPS) is 24.4. The summed E-state index contributed by atoms with van der Waals surface area (Å²) >= 11 is 9.92. The van der Waals surface area contributed by atoms with Crippen molar-refractivity contribution in [1.82, 2.24) is 0 Å². The fraction of sp³-hybridized carbons (Fsp3) is 0.294. The second-order valence-corrected chi connectivity index (χ2v) is 6.70. The Kier molecular flexibility index (Phi) is 4.53. The second-order valence-electron chi connectivity index (χ2n) is 5.12. The molecule has 110 valence electrons. The topological polar surface area (TPSA) is 18.5 Å². The Morgan fingerprint density at radius 3 is 2.48 bits per heavy atom. The number of hydrogen-bond acceptors (Lipinski definition) is 2. The molecule has 0 N–H and O–H groups in total. The minimum absolute atomic E-state index is 0.0550. The summed E-state index contributed by atoms with van der Waals surface area (Å²) in [5, 5.41) is 0.629. The number of benzene rings is 2. The molecule has 0 amide bonds. The van der Waals surface area contributed by atoms with E-state index in [9.17, 15) is 0 Å². The van der Waals surface area contributed by atoms with Crippen LogP contribution >= 0.6 is 27.5 Å². The molecule has 2 aromatic rings. The summed E-state index contributed by atoms with van der Waals surface area (Å²) in [6.07, 6.45) is 1.06. The zero-order valence-electron chi connectivity index (χ0n) is 11.6. The van der Waals surface area contributed by atoms with Gasteiger partial charge in [-0.2, -0.15) is 0 Å². The van der Waals surface area contributed by atoms with Crippen molar-refractivity contribution >= 4 is 27.5 Å². The van der Waals surface area contributed by atoms with Crippen LogP contribution in [-0.2, 0) is 4.74 Å². The van der Waals surface area contributed by atoms with Gasteiger partial charge in [0.15, 0.2) is 0 Å². The third-order valence-corrected chi connectivity index (χ3v) is 4.96. The highest BCUT2D eigenvalue weighted by molar-refractivity contribution is 9.09. The fourth-order valence-corrected chi connectivity index (χ4v) is 3.66. The van der Waals surface area contributed by atoms with Gasteiger partial charge in [0.2, 0.25) is 0 Å². The summed E-state index contributed by atoms with van der Waals surface area (Å²) < 4.78 is 11.4. The molecular formula is C17H16BrClO2. The maximum Gasteiger partial charge on any atom is 0.138 e. The number of ether oxygens (including phenoxy) is 2. The fourth-order valence-electron chi connectivity index (χ4n) is 2.51. The van der Waals surface area contributed by atoms with E-state index in [1.54, 1.807) is 7.11 Å². The Hall–Kier alpha value is -1.03. The van der Waals surface area contributed by atoms with Crippen molar-refractivity contribution in [3.05, 3.63) is 53.6 Å². The lowest BCUT2D eigenvalue weighted by Gasteiger charge is -2.40. The third-order valence-electron chi connectivity index (χ3n) is 3.77. The second kappa shape index (κ2) is 6.39. The Balaban J connectivity index is 1.76. The van der Waals surface area contributed by atoms with Gasteiger partial charge in [-0.25, -0.2) is 0 Å². The Bertz CT molecular complexity index is 617. The van der Waals surface area contributed by atoms with Gasteiger partial charge < -0.3 is 9.47 Å². The van der Waals surface area contributed by atoms with E-state index in [2.05, 4.69) is 28.1 Å². The van der Waals surface area contributed by atoms with E-state index in [1.165, 1.54) is 0 Å². The van der Waals surface area contributed by atoms with Crippen molar-refractivity contribution < 1.29 is 9.47 Å². The lowest BCUT2D eigenvalue weighted by Crippen LogP contribution is -2.51.